The number of aromatic nitrogens is 2. The van der Waals surface area contributed by atoms with E-state index in [-0.39, 0.29) is 18.2 Å². The molecule has 6 nitrogen and oxygen atoms in total. The smallest absolute Gasteiger partial charge is 0.244 e. The van der Waals surface area contributed by atoms with Gasteiger partial charge in [0.25, 0.3) is 0 Å². The van der Waals surface area contributed by atoms with Crippen LogP contribution in [0.5, 0.6) is 0 Å². The van der Waals surface area contributed by atoms with Crippen LogP contribution in [0, 0.1) is 13.8 Å². The van der Waals surface area contributed by atoms with Crippen LogP contribution in [-0.2, 0) is 11.3 Å². The van der Waals surface area contributed by atoms with Gasteiger partial charge in [-0.3, -0.25) is 14.3 Å². The number of carbonyl (C=O) groups is 2. The summed E-state index contributed by atoms with van der Waals surface area (Å²) in [7, 11) is 0. The van der Waals surface area contributed by atoms with Crippen LogP contribution >= 0.6 is 0 Å². The fourth-order valence-corrected chi connectivity index (χ4v) is 4.81. The number of amides is 1. The molecule has 0 saturated carbocycles. The second-order valence-corrected chi connectivity index (χ2v) is 9.24. The van der Waals surface area contributed by atoms with Crippen LogP contribution in [0.25, 0.3) is 11.1 Å². The van der Waals surface area contributed by atoms with Crippen LogP contribution in [0.1, 0.15) is 27.3 Å². The Hall–Kier alpha value is -4.19. The van der Waals surface area contributed by atoms with Gasteiger partial charge in [-0.2, -0.15) is 5.10 Å². The Kier molecular flexibility index (Phi) is 6.67. The summed E-state index contributed by atoms with van der Waals surface area (Å²) in [6.45, 7) is 7.10. The van der Waals surface area contributed by atoms with E-state index in [1.165, 1.54) is 0 Å². The zero-order valence-corrected chi connectivity index (χ0v) is 20.7. The van der Waals surface area contributed by atoms with E-state index in [9.17, 15) is 9.59 Å². The number of aryl methyl sites for hydroxylation is 2. The highest BCUT2D eigenvalue weighted by Gasteiger charge is 2.23. The van der Waals surface area contributed by atoms with Gasteiger partial charge in [0.05, 0.1) is 5.69 Å². The average Bonchev–Trinajstić information content (AvgIpc) is 3.24. The van der Waals surface area contributed by atoms with Crippen molar-refractivity contribution in [2.45, 2.75) is 20.4 Å². The van der Waals surface area contributed by atoms with Gasteiger partial charge in [-0.05, 0) is 31.5 Å². The summed E-state index contributed by atoms with van der Waals surface area (Å²) >= 11 is 0. The number of piperazine rings is 1. The lowest BCUT2D eigenvalue weighted by Crippen LogP contribution is -2.49. The third kappa shape index (κ3) is 4.93. The molecule has 2 heterocycles. The van der Waals surface area contributed by atoms with Crippen molar-refractivity contribution in [2.24, 2.45) is 0 Å². The lowest BCUT2D eigenvalue weighted by molar-refractivity contribution is -0.132. The number of nitrogens with zero attached hydrogens (tertiary/aromatic N) is 4. The third-order valence-corrected chi connectivity index (χ3v) is 6.76. The summed E-state index contributed by atoms with van der Waals surface area (Å²) in [6.07, 6.45) is 0. The molecule has 5 rings (SSSR count). The van der Waals surface area contributed by atoms with E-state index in [1.807, 2.05) is 91.5 Å². The van der Waals surface area contributed by atoms with Crippen molar-refractivity contribution in [2.75, 3.05) is 31.1 Å². The van der Waals surface area contributed by atoms with E-state index in [0.29, 0.717) is 24.2 Å². The fraction of sp³-hybridized carbons (Fsp3) is 0.233. The Bertz CT molecular complexity index is 1370. The fourth-order valence-electron chi connectivity index (χ4n) is 4.81. The SMILES string of the molecule is Cc1cc(C)n(CC(=O)N2CCN(c3ccccc3-c3ccc(C(=O)c4ccccc4)cc3)CC2)n1. The molecule has 1 aliphatic heterocycles. The maximum atomic E-state index is 12.9. The molecule has 36 heavy (non-hydrogen) atoms. The Balaban J connectivity index is 1.27. The topological polar surface area (TPSA) is 58.4 Å². The highest BCUT2D eigenvalue weighted by atomic mass is 16.2. The summed E-state index contributed by atoms with van der Waals surface area (Å²) < 4.78 is 1.78. The molecule has 0 bridgehead atoms. The van der Waals surface area contributed by atoms with Crippen LogP contribution in [0.15, 0.2) is 84.9 Å². The van der Waals surface area contributed by atoms with E-state index in [2.05, 4.69) is 22.1 Å². The van der Waals surface area contributed by atoms with Crippen LogP contribution in [0.3, 0.4) is 0 Å². The second-order valence-electron chi connectivity index (χ2n) is 9.24. The zero-order valence-electron chi connectivity index (χ0n) is 20.7. The molecular weight excluding hydrogens is 448 g/mol. The first-order chi connectivity index (χ1) is 17.5. The molecule has 0 radical (unpaired) electrons. The standard InChI is InChI=1S/C30H30N4O2/c1-22-20-23(2)34(31-22)21-29(35)33-18-16-32(17-19-33)28-11-7-6-10-27(28)24-12-14-26(15-13-24)30(36)25-8-4-3-5-9-25/h3-15,20H,16-19,21H2,1-2H3. The van der Waals surface area contributed by atoms with Gasteiger partial charge >= 0.3 is 0 Å². The van der Waals surface area contributed by atoms with Crippen LogP contribution in [0.4, 0.5) is 5.69 Å². The number of para-hydroxylation sites is 1. The molecule has 1 aliphatic rings. The molecule has 1 amide bonds. The zero-order chi connectivity index (χ0) is 25.1. The summed E-state index contributed by atoms with van der Waals surface area (Å²) in [6, 6.07) is 27.5. The molecule has 0 N–H and O–H groups in total. The molecular formula is C30H30N4O2. The highest BCUT2D eigenvalue weighted by Crippen LogP contribution is 2.32. The predicted octanol–water partition coefficient (Wildman–Crippen LogP) is 4.75. The molecule has 182 valence electrons. The monoisotopic (exact) mass is 478 g/mol. The van der Waals surface area contributed by atoms with Crippen LogP contribution < -0.4 is 4.90 Å². The third-order valence-electron chi connectivity index (χ3n) is 6.76. The Morgan fingerprint density at radius 1 is 0.778 bits per heavy atom. The van der Waals surface area contributed by atoms with E-state index in [0.717, 1.165) is 41.3 Å². The molecule has 1 aromatic heterocycles. The summed E-state index contributed by atoms with van der Waals surface area (Å²) in [4.78, 5) is 29.9. The minimum Gasteiger partial charge on any atom is -0.367 e. The maximum Gasteiger partial charge on any atom is 0.244 e. The van der Waals surface area contributed by atoms with Gasteiger partial charge in [0.2, 0.25) is 5.91 Å². The van der Waals surface area contributed by atoms with E-state index < -0.39 is 0 Å². The minimum absolute atomic E-state index is 0.0247. The largest absolute Gasteiger partial charge is 0.367 e. The van der Waals surface area contributed by atoms with Crippen molar-refractivity contribution in [1.29, 1.82) is 0 Å². The average molecular weight is 479 g/mol. The number of anilines is 1. The lowest BCUT2D eigenvalue weighted by Gasteiger charge is -2.37. The van der Waals surface area contributed by atoms with Crippen molar-refractivity contribution in [3.8, 4) is 11.1 Å². The first-order valence-electron chi connectivity index (χ1n) is 12.3. The predicted molar refractivity (Wildman–Crippen MR) is 142 cm³/mol. The molecule has 1 saturated heterocycles. The van der Waals surface area contributed by atoms with Crippen LogP contribution in [0.2, 0.25) is 0 Å². The van der Waals surface area contributed by atoms with E-state index >= 15 is 0 Å². The van der Waals surface area contributed by atoms with Gasteiger partial charge in [-0.1, -0.05) is 72.8 Å². The van der Waals surface area contributed by atoms with Crippen molar-refractivity contribution in [1.82, 2.24) is 14.7 Å². The number of hydrogen-bond donors (Lipinski definition) is 0. The first kappa shape index (κ1) is 23.5. The van der Waals surface area contributed by atoms with Gasteiger partial charge in [0.15, 0.2) is 5.78 Å². The Morgan fingerprint density at radius 3 is 2.08 bits per heavy atom. The normalized spacial score (nSPS) is 13.6. The number of hydrogen-bond acceptors (Lipinski definition) is 4. The van der Waals surface area contributed by atoms with Gasteiger partial charge in [-0.25, -0.2) is 0 Å². The van der Waals surface area contributed by atoms with E-state index in [1.54, 1.807) is 4.68 Å². The number of carbonyl (C=O) groups excluding carboxylic acids is 2. The van der Waals surface area contributed by atoms with Gasteiger partial charge in [0, 0.05) is 54.3 Å². The maximum absolute atomic E-state index is 12.9. The van der Waals surface area contributed by atoms with Gasteiger partial charge in [0.1, 0.15) is 6.54 Å². The highest BCUT2D eigenvalue weighted by molar-refractivity contribution is 6.09. The molecule has 0 aliphatic carbocycles. The molecule has 0 atom stereocenters. The number of rotatable bonds is 6. The molecule has 4 aromatic rings. The second kappa shape index (κ2) is 10.2. The van der Waals surface area contributed by atoms with Crippen molar-refractivity contribution in [3.63, 3.8) is 0 Å². The molecule has 6 heteroatoms. The Morgan fingerprint density at radius 2 is 1.42 bits per heavy atom. The van der Waals surface area contributed by atoms with Crippen molar-refractivity contribution >= 4 is 17.4 Å². The minimum atomic E-state index is 0.0247. The molecule has 0 unspecified atom stereocenters. The quantitative estimate of drug-likeness (QED) is 0.376. The van der Waals surface area contributed by atoms with Crippen molar-refractivity contribution < 1.29 is 9.59 Å². The number of benzene rings is 3. The van der Waals surface area contributed by atoms with Crippen LogP contribution in [-0.4, -0.2) is 52.5 Å². The molecule has 3 aromatic carbocycles. The number of ketones is 1. The van der Waals surface area contributed by atoms with E-state index in [4.69, 9.17) is 0 Å². The van der Waals surface area contributed by atoms with Gasteiger partial charge in [-0.15, -0.1) is 0 Å². The molecule has 1 fully saturated rings. The Labute approximate surface area is 211 Å². The van der Waals surface area contributed by atoms with Crippen molar-refractivity contribution in [3.05, 3.63) is 107 Å². The molecule has 0 spiro atoms. The summed E-state index contributed by atoms with van der Waals surface area (Å²) in [5, 5.41) is 4.42. The first-order valence-corrected chi connectivity index (χ1v) is 12.3. The summed E-state index contributed by atoms with van der Waals surface area (Å²) in [5.74, 6) is 0.129. The summed E-state index contributed by atoms with van der Waals surface area (Å²) in [5.41, 5.74) is 6.64. The van der Waals surface area contributed by atoms with Gasteiger partial charge < -0.3 is 9.80 Å². The lowest BCUT2D eigenvalue weighted by atomic mass is 9.98.